The van der Waals surface area contributed by atoms with E-state index in [0.29, 0.717) is 0 Å². The number of benzene rings is 2. The van der Waals surface area contributed by atoms with E-state index in [0.717, 1.165) is 0 Å². The number of nitrogens with zero attached hydrogens (tertiary/aromatic N) is 1. The van der Waals surface area contributed by atoms with Crippen molar-refractivity contribution in [3.05, 3.63) is 79.1 Å². The molecule has 0 saturated carbocycles. The Morgan fingerprint density at radius 3 is 1.69 bits per heavy atom. The van der Waals surface area contributed by atoms with E-state index in [9.17, 15) is 0 Å². The van der Waals surface area contributed by atoms with Crippen molar-refractivity contribution >= 4 is 10.8 Å². The van der Waals surface area contributed by atoms with E-state index in [1.807, 2.05) is 67.0 Å². The molecule has 0 N–H and O–H groups in total. The van der Waals surface area contributed by atoms with Crippen LogP contribution >= 0.6 is 0 Å². The molecule has 1 nitrogen and oxygen atoms in total. The standard InChI is InChI=1S/C9H7N.C6H6/c1-2-4-9-7-10-6-5-8(9)3-1;1-2-4-6-5-3-1/h1-7H;1-6H. The quantitative estimate of drug-likeness (QED) is 0.544. The van der Waals surface area contributed by atoms with Crippen LogP contribution in [0.5, 0.6) is 0 Å². The molecule has 0 fully saturated rings. The molecule has 0 aliphatic rings. The number of pyridine rings is 1. The predicted octanol–water partition coefficient (Wildman–Crippen LogP) is 3.92. The first-order chi connectivity index (χ1) is 7.97. The molecule has 3 rings (SSSR count). The maximum absolute atomic E-state index is 4.01. The summed E-state index contributed by atoms with van der Waals surface area (Å²) in [4.78, 5) is 4.01. The summed E-state index contributed by atoms with van der Waals surface area (Å²) in [6.45, 7) is 0. The summed E-state index contributed by atoms with van der Waals surface area (Å²) in [6.07, 6.45) is 3.68. The van der Waals surface area contributed by atoms with Crippen LogP contribution in [0.2, 0.25) is 0 Å². The van der Waals surface area contributed by atoms with Crippen LogP contribution in [0.1, 0.15) is 0 Å². The lowest BCUT2D eigenvalue weighted by Gasteiger charge is -1.91. The predicted molar refractivity (Wildman–Crippen MR) is 68.2 cm³/mol. The summed E-state index contributed by atoms with van der Waals surface area (Å²) in [5.74, 6) is 0. The molecule has 0 amide bonds. The summed E-state index contributed by atoms with van der Waals surface area (Å²) >= 11 is 0. The van der Waals surface area contributed by atoms with Gasteiger partial charge in [-0.25, -0.2) is 0 Å². The molecule has 0 saturated heterocycles. The lowest BCUT2D eigenvalue weighted by molar-refractivity contribution is 1.36. The van der Waals surface area contributed by atoms with Gasteiger partial charge in [-0.2, -0.15) is 0 Å². The van der Waals surface area contributed by atoms with Crippen molar-refractivity contribution in [3.8, 4) is 0 Å². The van der Waals surface area contributed by atoms with Crippen LogP contribution in [0.4, 0.5) is 0 Å². The average molecular weight is 207 g/mol. The summed E-state index contributed by atoms with van der Waals surface area (Å²) in [7, 11) is 0. The molecule has 0 atom stereocenters. The molecule has 0 spiro atoms. The minimum atomic E-state index is 1.20. The van der Waals surface area contributed by atoms with Crippen molar-refractivity contribution in [1.82, 2.24) is 4.98 Å². The third-order valence-corrected chi connectivity index (χ3v) is 2.22. The van der Waals surface area contributed by atoms with Gasteiger partial charge in [0.05, 0.1) is 0 Å². The maximum Gasteiger partial charge on any atom is 0.0346 e. The lowest BCUT2D eigenvalue weighted by Crippen LogP contribution is -1.71. The van der Waals surface area contributed by atoms with E-state index in [1.165, 1.54) is 10.8 Å². The smallest absolute Gasteiger partial charge is 0.0346 e. The minimum Gasteiger partial charge on any atom is -0.264 e. The van der Waals surface area contributed by atoms with Gasteiger partial charge in [0.2, 0.25) is 0 Å². The van der Waals surface area contributed by atoms with Gasteiger partial charge in [0.25, 0.3) is 0 Å². The third-order valence-electron chi connectivity index (χ3n) is 2.22. The molecule has 0 unspecified atom stereocenters. The van der Waals surface area contributed by atoms with Gasteiger partial charge >= 0.3 is 0 Å². The molecule has 0 radical (unpaired) electrons. The SMILES string of the molecule is c1ccc2cnccc2c1.c1ccccc1. The fourth-order valence-electron chi connectivity index (χ4n) is 1.41. The molecule has 2 aromatic carbocycles. The van der Waals surface area contributed by atoms with E-state index in [-0.39, 0.29) is 0 Å². The number of fused-ring (bicyclic) bond motifs is 1. The van der Waals surface area contributed by atoms with Gasteiger partial charge in [-0.3, -0.25) is 4.98 Å². The monoisotopic (exact) mass is 207 g/mol. The lowest BCUT2D eigenvalue weighted by atomic mass is 10.2. The van der Waals surface area contributed by atoms with Gasteiger partial charge in [-0.1, -0.05) is 60.7 Å². The first-order valence-electron chi connectivity index (χ1n) is 5.25. The van der Waals surface area contributed by atoms with Crippen molar-refractivity contribution in [2.45, 2.75) is 0 Å². The summed E-state index contributed by atoms with van der Waals surface area (Å²) in [5, 5.41) is 2.45. The fraction of sp³-hybridized carbons (Fsp3) is 0. The Labute approximate surface area is 95.4 Å². The summed E-state index contributed by atoms with van der Waals surface area (Å²) < 4.78 is 0. The van der Waals surface area contributed by atoms with Gasteiger partial charge in [0.1, 0.15) is 0 Å². The van der Waals surface area contributed by atoms with Crippen LogP contribution in [0.15, 0.2) is 79.1 Å². The second-order valence-electron chi connectivity index (χ2n) is 3.38. The first kappa shape index (κ1) is 10.4. The van der Waals surface area contributed by atoms with Crippen molar-refractivity contribution in [3.63, 3.8) is 0 Å². The molecule has 1 heterocycles. The Hall–Kier alpha value is -2.15. The van der Waals surface area contributed by atoms with Gasteiger partial charge < -0.3 is 0 Å². The molecule has 3 aromatic rings. The normalized spacial score (nSPS) is 9.25. The highest BCUT2D eigenvalue weighted by atomic mass is 14.6. The van der Waals surface area contributed by atoms with Crippen LogP contribution in [-0.4, -0.2) is 4.98 Å². The average Bonchev–Trinajstić information content (AvgIpc) is 2.42. The van der Waals surface area contributed by atoms with Crippen LogP contribution in [0.25, 0.3) is 10.8 Å². The van der Waals surface area contributed by atoms with Gasteiger partial charge in [-0.15, -0.1) is 0 Å². The van der Waals surface area contributed by atoms with Crippen LogP contribution < -0.4 is 0 Å². The zero-order valence-corrected chi connectivity index (χ0v) is 8.95. The molecule has 0 aliphatic carbocycles. The zero-order chi connectivity index (χ0) is 11.1. The highest BCUT2D eigenvalue weighted by molar-refractivity contribution is 5.80. The molecular weight excluding hydrogens is 194 g/mol. The summed E-state index contributed by atoms with van der Waals surface area (Å²) in [5.41, 5.74) is 0. The molecule has 0 bridgehead atoms. The van der Waals surface area contributed by atoms with Crippen molar-refractivity contribution < 1.29 is 0 Å². The minimum absolute atomic E-state index is 1.20. The Morgan fingerprint density at radius 2 is 1.12 bits per heavy atom. The molecule has 78 valence electrons. The topological polar surface area (TPSA) is 12.9 Å². The van der Waals surface area contributed by atoms with Crippen molar-refractivity contribution in [1.29, 1.82) is 0 Å². The van der Waals surface area contributed by atoms with Gasteiger partial charge in [0.15, 0.2) is 0 Å². The number of rotatable bonds is 0. The second kappa shape index (κ2) is 5.66. The number of hydrogen-bond acceptors (Lipinski definition) is 1. The highest BCUT2D eigenvalue weighted by Crippen LogP contribution is 2.09. The van der Waals surface area contributed by atoms with E-state index in [2.05, 4.69) is 17.1 Å². The van der Waals surface area contributed by atoms with E-state index in [1.54, 1.807) is 0 Å². The second-order valence-corrected chi connectivity index (χ2v) is 3.38. The van der Waals surface area contributed by atoms with Gasteiger partial charge in [0, 0.05) is 12.4 Å². The largest absolute Gasteiger partial charge is 0.264 e. The third kappa shape index (κ3) is 2.92. The van der Waals surface area contributed by atoms with Crippen molar-refractivity contribution in [2.24, 2.45) is 0 Å². The Bertz CT molecular complexity index is 440. The molecule has 16 heavy (non-hydrogen) atoms. The molecule has 1 heteroatoms. The first-order valence-corrected chi connectivity index (χ1v) is 5.25. The van der Waals surface area contributed by atoms with Crippen LogP contribution in [0, 0.1) is 0 Å². The van der Waals surface area contributed by atoms with Crippen LogP contribution in [-0.2, 0) is 0 Å². The zero-order valence-electron chi connectivity index (χ0n) is 8.95. The van der Waals surface area contributed by atoms with Crippen LogP contribution in [0.3, 0.4) is 0 Å². The maximum atomic E-state index is 4.01. The fourth-order valence-corrected chi connectivity index (χ4v) is 1.41. The molecule has 0 aliphatic heterocycles. The number of hydrogen-bond donors (Lipinski definition) is 0. The van der Waals surface area contributed by atoms with E-state index < -0.39 is 0 Å². The molecule has 1 aromatic heterocycles. The Kier molecular flexibility index (Phi) is 3.67. The Morgan fingerprint density at radius 1 is 0.562 bits per heavy atom. The van der Waals surface area contributed by atoms with Crippen molar-refractivity contribution in [2.75, 3.05) is 0 Å². The highest BCUT2D eigenvalue weighted by Gasteiger charge is 1.86. The Balaban J connectivity index is 0.000000138. The summed E-state index contributed by atoms with van der Waals surface area (Å²) in [6, 6.07) is 22.2. The van der Waals surface area contributed by atoms with E-state index >= 15 is 0 Å². The van der Waals surface area contributed by atoms with Gasteiger partial charge in [-0.05, 0) is 16.8 Å². The number of aromatic nitrogens is 1. The molecular formula is C15H13N. The van der Waals surface area contributed by atoms with E-state index in [4.69, 9.17) is 0 Å².